The first-order chi connectivity index (χ1) is 11.7. The first-order valence-corrected chi connectivity index (χ1v) is 7.16. The molecule has 0 aliphatic carbocycles. The molecule has 5 N–H and O–H groups in total. The number of nitrogens with two attached hydrogens (primary N) is 1. The van der Waals surface area contributed by atoms with Crippen molar-refractivity contribution in [3.8, 4) is 0 Å². The van der Waals surface area contributed by atoms with Crippen LogP contribution >= 0.6 is 0 Å². The fraction of sp³-hybridized carbons (Fsp3) is 0. The van der Waals surface area contributed by atoms with Crippen molar-refractivity contribution >= 4 is 34.0 Å². The third kappa shape index (κ3) is 2.13. The summed E-state index contributed by atoms with van der Waals surface area (Å²) in [6, 6.07) is 12.2. The maximum Gasteiger partial charge on any atom is 0.272 e. The third-order valence-electron chi connectivity index (χ3n) is 3.82. The Hall–Kier alpha value is -3.52. The number of hydrazine groups is 1. The molecule has 0 saturated heterocycles. The maximum absolute atomic E-state index is 11.9. The van der Waals surface area contributed by atoms with E-state index in [4.69, 9.17) is 5.84 Å². The van der Waals surface area contributed by atoms with Crippen LogP contribution in [0.3, 0.4) is 0 Å². The Morgan fingerprint density at radius 2 is 1.92 bits per heavy atom. The van der Waals surface area contributed by atoms with Gasteiger partial charge in [0.05, 0.1) is 16.5 Å². The van der Waals surface area contributed by atoms with Gasteiger partial charge in [-0.2, -0.15) is 5.10 Å². The Bertz CT molecular complexity index is 1050. The van der Waals surface area contributed by atoms with E-state index in [0.29, 0.717) is 28.0 Å². The SMILES string of the molecule is NNC(=O)c1ccc(C2=Nc3n[nH]c(=O)c4cccc(c34)N2)cc1. The number of carbonyl (C=O) groups excluding carboxylic acids is 1. The van der Waals surface area contributed by atoms with Crippen molar-refractivity contribution in [3.05, 3.63) is 63.9 Å². The quantitative estimate of drug-likeness (QED) is 0.319. The lowest BCUT2D eigenvalue weighted by Crippen LogP contribution is -2.30. The molecule has 2 aromatic carbocycles. The lowest BCUT2D eigenvalue weighted by Gasteiger charge is -2.17. The molecule has 4 rings (SSSR count). The van der Waals surface area contributed by atoms with Crippen molar-refractivity contribution < 1.29 is 4.79 Å². The van der Waals surface area contributed by atoms with Crippen LogP contribution in [0.15, 0.2) is 52.3 Å². The molecule has 118 valence electrons. The minimum Gasteiger partial charge on any atom is -0.339 e. The number of nitrogens with zero attached hydrogens (tertiary/aromatic N) is 2. The highest BCUT2D eigenvalue weighted by Crippen LogP contribution is 2.32. The van der Waals surface area contributed by atoms with E-state index in [9.17, 15) is 9.59 Å². The van der Waals surface area contributed by atoms with Gasteiger partial charge in [-0.05, 0) is 24.3 Å². The first-order valence-electron chi connectivity index (χ1n) is 7.16. The maximum atomic E-state index is 11.9. The molecule has 1 amide bonds. The van der Waals surface area contributed by atoms with Crippen LogP contribution in [0, 0.1) is 0 Å². The van der Waals surface area contributed by atoms with Crippen LogP contribution in [0.25, 0.3) is 10.8 Å². The van der Waals surface area contributed by atoms with E-state index < -0.39 is 0 Å². The third-order valence-corrected chi connectivity index (χ3v) is 3.82. The first kappa shape index (κ1) is 14.1. The average Bonchev–Trinajstić information content (AvgIpc) is 2.64. The lowest BCUT2D eigenvalue weighted by molar-refractivity contribution is 0.0953. The monoisotopic (exact) mass is 320 g/mol. The number of hydrogen-bond donors (Lipinski definition) is 4. The number of anilines is 1. The number of aromatic amines is 1. The minimum absolute atomic E-state index is 0.256. The van der Waals surface area contributed by atoms with Gasteiger partial charge in [-0.15, -0.1) is 0 Å². The second-order valence-corrected chi connectivity index (χ2v) is 5.24. The zero-order valence-corrected chi connectivity index (χ0v) is 12.3. The normalized spacial score (nSPS) is 12.5. The van der Waals surface area contributed by atoms with Crippen LogP contribution in [-0.4, -0.2) is 21.9 Å². The zero-order chi connectivity index (χ0) is 16.7. The number of hydrogen-bond acceptors (Lipinski definition) is 6. The summed E-state index contributed by atoms with van der Waals surface area (Å²) in [6.07, 6.45) is 0. The molecule has 2 heterocycles. The van der Waals surface area contributed by atoms with Crippen LogP contribution in [-0.2, 0) is 0 Å². The Morgan fingerprint density at radius 1 is 1.12 bits per heavy atom. The Labute approximate surface area is 135 Å². The van der Waals surface area contributed by atoms with Gasteiger partial charge in [0, 0.05) is 11.1 Å². The highest BCUT2D eigenvalue weighted by atomic mass is 16.2. The molecular formula is C16H12N6O2. The number of aromatic nitrogens is 2. The summed E-state index contributed by atoms with van der Waals surface area (Å²) < 4.78 is 0. The van der Waals surface area contributed by atoms with Gasteiger partial charge in [-0.1, -0.05) is 18.2 Å². The molecule has 0 spiro atoms. The number of carbonyl (C=O) groups is 1. The summed E-state index contributed by atoms with van der Waals surface area (Å²) in [5.41, 5.74) is 3.81. The molecule has 1 aliphatic heterocycles. The Balaban J connectivity index is 1.81. The summed E-state index contributed by atoms with van der Waals surface area (Å²) in [6.45, 7) is 0. The second kappa shape index (κ2) is 5.28. The Morgan fingerprint density at radius 3 is 2.67 bits per heavy atom. The van der Waals surface area contributed by atoms with Gasteiger partial charge in [-0.25, -0.2) is 15.9 Å². The fourth-order valence-corrected chi connectivity index (χ4v) is 2.65. The van der Waals surface area contributed by atoms with E-state index in [-0.39, 0.29) is 11.5 Å². The summed E-state index contributed by atoms with van der Waals surface area (Å²) >= 11 is 0. The molecule has 0 radical (unpaired) electrons. The standard InChI is InChI=1S/C16H12N6O2/c17-20-15(23)9-6-4-8(5-7-9)13-18-11-3-1-2-10-12(11)14(19-13)21-22-16(10)24/h1-7H,17H2,(H,20,23)(H,22,24)(H,18,19,21). The topological polar surface area (TPSA) is 125 Å². The molecule has 24 heavy (non-hydrogen) atoms. The van der Waals surface area contributed by atoms with Crippen molar-refractivity contribution in [2.24, 2.45) is 10.8 Å². The summed E-state index contributed by atoms with van der Waals surface area (Å²) in [5, 5.41) is 10.9. The number of rotatable bonds is 2. The van der Waals surface area contributed by atoms with Gasteiger partial charge in [0.25, 0.3) is 11.5 Å². The predicted molar refractivity (Wildman–Crippen MR) is 90.3 cm³/mol. The molecule has 0 bridgehead atoms. The largest absolute Gasteiger partial charge is 0.339 e. The summed E-state index contributed by atoms with van der Waals surface area (Å²) in [4.78, 5) is 27.8. The lowest BCUT2D eigenvalue weighted by atomic mass is 10.1. The number of nitrogen functional groups attached to an aromatic ring is 1. The predicted octanol–water partition coefficient (Wildman–Crippen LogP) is 1.03. The van der Waals surface area contributed by atoms with Crippen LogP contribution in [0.4, 0.5) is 11.5 Å². The molecule has 1 aromatic heterocycles. The van der Waals surface area contributed by atoms with E-state index in [2.05, 4.69) is 25.9 Å². The van der Waals surface area contributed by atoms with E-state index in [1.165, 1.54) is 0 Å². The van der Waals surface area contributed by atoms with E-state index >= 15 is 0 Å². The molecule has 3 aromatic rings. The molecular weight excluding hydrogens is 308 g/mol. The second-order valence-electron chi connectivity index (χ2n) is 5.24. The highest BCUT2D eigenvalue weighted by molar-refractivity contribution is 6.18. The van der Waals surface area contributed by atoms with Gasteiger partial charge in [0.15, 0.2) is 5.82 Å². The summed E-state index contributed by atoms with van der Waals surface area (Å²) in [7, 11) is 0. The van der Waals surface area contributed by atoms with Gasteiger partial charge < -0.3 is 5.32 Å². The van der Waals surface area contributed by atoms with Gasteiger partial charge >= 0.3 is 0 Å². The molecule has 8 heteroatoms. The number of amidine groups is 1. The number of benzene rings is 2. The number of amides is 1. The van der Waals surface area contributed by atoms with Gasteiger partial charge in [-0.3, -0.25) is 15.0 Å². The van der Waals surface area contributed by atoms with Crippen LogP contribution < -0.4 is 22.1 Å². The van der Waals surface area contributed by atoms with E-state index in [1.54, 1.807) is 36.4 Å². The number of nitrogens with one attached hydrogen (secondary N) is 3. The van der Waals surface area contributed by atoms with E-state index in [1.807, 2.05) is 6.07 Å². The fourth-order valence-electron chi connectivity index (χ4n) is 2.65. The van der Waals surface area contributed by atoms with Crippen molar-refractivity contribution in [1.82, 2.24) is 15.6 Å². The van der Waals surface area contributed by atoms with Crippen LogP contribution in [0.2, 0.25) is 0 Å². The number of aliphatic imine (C=N–C) groups is 1. The summed E-state index contributed by atoms with van der Waals surface area (Å²) in [5.74, 6) is 5.77. The molecule has 8 nitrogen and oxygen atoms in total. The highest BCUT2D eigenvalue weighted by Gasteiger charge is 2.18. The molecule has 0 unspecified atom stereocenters. The van der Waals surface area contributed by atoms with Crippen LogP contribution in [0.1, 0.15) is 15.9 Å². The zero-order valence-electron chi connectivity index (χ0n) is 12.3. The smallest absolute Gasteiger partial charge is 0.272 e. The minimum atomic E-state index is -0.366. The Kier molecular flexibility index (Phi) is 3.10. The van der Waals surface area contributed by atoms with Gasteiger partial charge in [0.1, 0.15) is 5.84 Å². The van der Waals surface area contributed by atoms with Crippen molar-refractivity contribution in [2.45, 2.75) is 0 Å². The van der Waals surface area contributed by atoms with E-state index in [0.717, 1.165) is 11.3 Å². The van der Waals surface area contributed by atoms with Crippen molar-refractivity contribution in [1.29, 1.82) is 0 Å². The van der Waals surface area contributed by atoms with Crippen molar-refractivity contribution in [3.63, 3.8) is 0 Å². The van der Waals surface area contributed by atoms with Crippen molar-refractivity contribution in [2.75, 3.05) is 5.32 Å². The number of H-pyrrole nitrogens is 1. The molecule has 0 saturated carbocycles. The van der Waals surface area contributed by atoms with Gasteiger partial charge in [0.2, 0.25) is 0 Å². The average molecular weight is 320 g/mol. The molecule has 0 atom stereocenters. The molecule has 1 aliphatic rings. The molecule has 0 fully saturated rings. The van der Waals surface area contributed by atoms with Crippen LogP contribution in [0.5, 0.6) is 0 Å².